The Balaban J connectivity index is 1.52. The monoisotopic (exact) mass is 305 g/mol. The lowest BCUT2D eigenvalue weighted by atomic mass is 10.2. The van der Waals surface area contributed by atoms with Gasteiger partial charge in [-0.15, -0.1) is 0 Å². The molecule has 0 aliphatic carbocycles. The Morgan fingerprint density at radius 1 is 1.00 bits per heavy atom. The van der Waals surface area contributed by atoms with E-state index in [4.69, 9.17) is 0 Å². The Kier molecular flexibility index (Phi) is 4.84. The fraction of sp³-hybridized carbons (Fsp3) is 0.158. The molecule has 3 aromatic rings. The van der Waals surface area contributed by atoms with Crippen LogP contribution in [0.2, 0.25) is 0 Å². The summed E-state index contributed by atoms with van der Waals surface area (Å²) < 4.78 is 2.12. The molecule has 2 aromatic carbocycles. The number of carbonyl (C=O) groups is 1. The lowest BCUT2D eigenvalue weighted by Crippen LogP contribution is -2.25. The maximum atomic E-state index is 12.0. The van der Waals surface area contributed by atoms with Gasteiger partial charge in [0.15, 0.2) is 0 Å². The highest BCUT2D eigenvalue weighted by atomic mass is 16.1. The Morgan fingerprint density at radius 3 is 2.43 bits per heavy atom. The minimum absolute atomic E-state index is 0.0282. The summed E-state index contributed by atoms with van der Waals surface area (Å²) in [5.74, 6) is 0.930. The van der Waals surface area contributed by atoms with Crippen molar-refractivity contribution in [3.63, 3.8) is 0 Å². The standard InChI is InChI=1S/C19H19N3O/c23-19(17-10-5-2-6-11-17)21-12-7-14-22-15-13-20-18(22)16-8-3-1-4-9-16/h1-6,8-11,13,15H,7,12,14H2,(H,21,23). The van der Waals surface area contributed by atoms with Crippen molar-refractivity contribution in [3.8, 4) is 11.4 Å². The first-order chi connectivity index (χ1) is 11.3. The van der Waals surface area contributed by atoms with Gasteiger partial charge in [-0.05, 0) is 18.6 Å². The van der Waals surface area contributed by atoms with E-state index < -0.39 is 0 Å². The molecule has 3 rings (SSSR count). The van der Waals surface area contributed by atoms with Crippen molar-refractivity contribution < 1.29 is 4.79 Å². The van der Waals surface area contributed by atoms with E-state index in [-0.39, 0.29) is 5.91 Å². The number of hydrogen-bond donors (Lipinski definition) is 1. The molecule has 0 spiro atoms. The van der Waals surface area contributed by atoms with E-state index >= 15 is 0 Å². The van der Waals surface area contributed by atoms with E-state index in [0.29, 0.717) is 12.1 Å². The molecule has 4 heteroatoms. The number of rotatable bonds is 6. The zero-order valence-corrected chi connectivity index (χ0v) is 12.9. The third kappa shape index (κ3) is 3.86. The smallest absolute Gasteiger partial charge is 0.251 e. The minimum atomic E-state index is -0.0282. The molecule has 23 heavy (non-hydrogen) atoms. The van der Waals surface area contributed by atoms with Gasteiger partial charge in [-0.3, -0.25) is 4.79 Å². The number of imidazole rings is 1. The van der Waals surface area contributed by atoms with E-state index in [0.717, 1.165) is 24.4 Å². The van der Waals surface area contributed by atoms with E-state index in [2.05, 4.69) is 27.0 Å². The highest BCUT2D eigenvalue weighted by Gasteiger charge is 2.06. The Morgan fingerprint density at radius 2 is 1.70 bits per heavy atom. The molecule has 1 aromatic heterocycles. The number of nitrogens with one attached hydrogen (secondary N) is 1. The third-order valence-corrected chi connectivity index (χ3v) is 3.64. The molecule has 1 amide bonds. The number of aryl methyl sites for hydroxylation is 1. The van der Waals surface area contributed by atoms with Gasteiger partial charge in [0.05, 0.1) is 0 Å². The summed E-state index contributed by atoms with van der Waals surface area (Å²) in [6.45, 7) is 1.46. The van der Waals surface area contributed by atoms with E-state index in [1.54, 1.807) is 0 Å². The molecule has 0 aliphatic rings. The Hall–Kier alpha value is -2.88. The van der Waals surface area contributed by atoms with Gasteiger partial charge in [0.25, 0.3) is 5.91 Å². The van der Waals surface area contributed by atoms with E-state index in [1.807, 2.05) is 60.9 Å². The average molecular weight is 305 g/mol. The van der Waals surface area contributed by atoms with Crippen LogP contribution in [0.4, 0.5) is 0 Å². The van der Waals surface area contributed by atoms with Gasteiger partial charge in [0.1, 0.15) is 5.82 Å². The molecule has 0 radical (unpaired) electrons. The van der Waals surface area contributed by atoms with Gasteiger partial charge in [-0.25, -0.2) is 4.98 Å². The zero-order chi connectivity index (χ0) is 15.9. The molecule has 0 unspecified atom stereocenters. The average Bonchev–Trinajstić information content (AvgIpc) is 3.08. The summed E-state index contributed by atoms with van der Waals surface area (Å²) >= 11 is 0. The van der Waals surface area contributed by atoms with Gasteiger partial charge >= 0.3 is 0 Å². The molecular formula is C19H19N3O. The molecule has 0 bridgehead atoms. The van der Waals surface area contributed by atoms with Crippen LogP contribution in [-0.2, 0) is 6.54 Å². The van der Waals surface area contributed by atoms with Gasteiger partial charge in [0.2, 0.25) is 0 Å². The van der Waals surface area contributed by atoms with Crippen molar-refractivity contribution >= 4 is 5.91 Å². The number of hydrogen-bond acceptors (Lipinski definition) is 2. The topological polar surface area (TPSA) is 46.9 Å². The molecule has 1 heterocycles. The SMILES string of the molecule is O=C(NCCCn1ccnc1-c1ccccc1)c1ccccc1. The van der Waals surface area contributed by atoms with Crippen LogP contribution in [0.25, 0.3) is 11.4 Å². The van der Waals surface area contributed by atoms with Crippen LogP contribution >= 0.6 is 0 Å². The number of nitrogens with zero attached hydrogens (tertiary/aromatic N) is 2. The molecule has 0 saturated carbocycles. The highest BCUT2D eigenvalue weighted by molar-refractivity contribution is 5.94. The summed E-state index contributed by atoms with van der Waals surface area (Å²) in [5.41, 5.74) is 1.80. The van der Waals surface area contributed by atoms with Crippen molar-refractivity contribution in [1.29, 1.82) is 0 Å². The molecule has 0 aliphatic heterocycles. The lowest BCUT2D eigenvalue weighted by Gasteiger charge is -2.09. The second-order valence-corrected chi connectivity index (χ2v) is 5.29. The number of amides is 1. The summed E-state index contributed by atoms with van der Waals surface area (Å²) in [6, 6.07) is 19.4. The number of benzene rings is 2. The first-order valence-electron chi connectivity index (χ1n) is 7.74. The van der Waals surface area contributed by atoms with Crippen molar-refractivity contribution in [2.45, 2.75) is 13.0 Å². The van der Waals surface area contributed by atoms with Gasteiger partial charge in [-0.2, -0.15) is 0 Å². The van der Waals surface area contributed by atoms with Crippen molar-refractivity contribution in [3.05, 3.63) is 78.6 Å². The highest BCUT2D eigenvalue weighted by Crippen LogP contribution is 2.16. The van der Waals surface area contributed by atoms with Crippen molar-refractivity contribution in [2.24, 2.45) is 0 Å². The molecule has 1 N–H and O–H groups in total. The quantitative estimate of drug-likeness (QED) is 0.710. The fourth-order valence-corrected chi connectivity index (χ4v) is 2.48. The molecule has 116 valence electrons. The van der Waals surface area contributed by atoms with Crippen LogP contribution in [0.5, 0.6) is 0 Å². The maximum Gasteiger partial charge on any atom is 0.251 e. The molecule has 0 saturated heterocycles. The summed E-state index contributed by atoms with van der Waals surface area (Å²) in [5, 5.41) is 2.95. The van der Waals surface area contributed by atoms with Gasteiger partial charge < -0.3 is 9.88 Å². The fourth-order valence-electron chi connectivity index (χ4n) is 2.48. The first kappa shape index (κ1) is 15.0. The Labute approximate surface area is 135 Å². The number of aromatic nitrogens is 2. The van der Waals surface area contributed by atoms with Crippen LogP contribution in [0.3, 0.4) is 0 Å². The predicted molar refractivity (Wildman–Crippen MR) is 91.1 cm³/mol. The van der Waals surface area contributed by atoms with Crippen LogP contribution in [0, 0.1) is 0 Å². The molecule has 0 fully saturated rings. The third-order valence-electron chi connectivity index (χ3n) is 3.64. The maximum absolute atomic E-state index is 12.0. The molecular weight excluding hydrogens is 286 g/mol. The predicted octanol–water partition coefficient (Wildman–Crippen LogP) is 3.37. The minimum Gasteiger partial charge on any atom is -0.352 e. The van der Waals surface area contributed by atoms with Crippen LogP contribution in [0.15, 0.2) is 73.1 Å². The van der Waals surface area contributed by atoms with Gasteiger partial charge in [0, 0.05) is 36.6 Å². The van der Waals surface area contributed by atoms with Crippen LogP contribution in [0.1, 0.15) is 16.8 Å². The van der Waals surface area contributed by atoms with Crippen LogP contribution < -0.4 is 5.32 Å². The summed E-state index contributed by atoms with van der Waals surface area (Å²) in [4.78, 5) is 16.4. The van der Waals surface area contributed by atoms with Crippen LogP contribution in [-0.4, -0.2) is 22.0 Å². The lowest BCUT2D eigenvalue weighted by molar-refractivity contribution is 0.0953. The molecule has 4 nitrogen and oxygen atoms in total. The van der Waals surface area contributed by atoms with Crippen molar-refractivity contribution in [2.75, 3.05) is 6.54 Å². The second kappa shape index (κ2) is 7.40. The first-order valence-corrected chi connectivity index (χ1v) is 7.74. The van der Waals surface area contributed by atoms with Crippen molar-refractivity contribution in [1.82, 2.24) is 14.9 Å². The number of carbonyl (C=O) groups excluding carboxylic acids is 1. The normalized spacial score (nSPS) is 10.4. The van der Waals surface area contributed by atoms with Gasteiger partial charge in [-0.1, -0.05) is 48.5 Å². The summed E-state index contributed by atoms with van der Waals surface area (Å²) in [7, 11) is 0. The van der Waals surface area contributed by atoms with E-state index in [9.17, 15) is 4.79 Å². The van der Waals surface area contributed by atoms with E-state index in [1.165, 1.54) is 0 Å². The molecule has 0 atom stereocenters. The summed E-state index contributed by atoms with van der Waals surface area (Å²) in [6.07, 6.45) is 4.64. The Bertz CT molecular complexity index is 751. The second-order valence-electron chi connectivity index (χ2n) is 5.29. The largest absolute Gasteiger partial charge is 0.352 e. The zero-order valence-electron chi connectivity index (χ0n) is 12.9.